The van der Waals surface area contributed by atoms with Gasteiger partial charge in [0.1, 0.15) is 0 Å². The van der Waals surface area contributed by atoms with E-state index in [9.17, 15) is 13.2 Å². The minimum atomic E-state index is -3.72. The molecule has 1 aromatic carbocycles. The lowest BCUT2D eigenvalue weighted by Gasteiger charge is -2.31. The van der Waals surface area contributed by atoms with Crippen molar-refractivity contribution in [2.45, 2.75) is 44.0 Å². The predicted octanol–water partition coefficient (Wildman–Crippen LogP) is 2.70. The summed E-state index contributed by atoms with van der Waals surface area (Å²) in [6.07, 6.45) is 4.12. The molecule has 144 valence electrons. The molecule has 0 saturated heterocycles. The molecule has 1 aromatic heterocycles. The van der Waals surface area contributed by atoms with E-state index in [1.165, 1.54) is 18.5 Å². The minimum absolute atomic E-state index is 0. The Hall–Kier alpha value is -1.83. The maximum Gasteiger partial charge on any atom is 0.267 e. The zero-order chi connectivity index (χ0) is 18.7. The van der Waals surface area contributed by atoms with Gasteiger partial charge in [0.15, 0.2) is 0 Å². The van der Waals surface area contributed by atoms with Crippen molar-refractivity contribution in [2.24, 2.45) is 5.73 Å². The highest BCUT2D eigenvalue weighted by atomic mass is 35.5. The first kappa shape index (κ1) is 22.2. The van der Waals surface area contributed by atoms with E-state index in [0.717, 1.165) is 9.54 Å². The van der Waals surface area contributed by atoms with Gasteiger partial charge in [0, 0.05) is 18.9 Å². The number of hydrogen-bond acceptors (Lipinski definition) is 4. The summed E-state index contributed by atoms with van der Waals surface area (Å²) < 4.78 is 26.4. The molecule has 2 rings (SSSR count). The van der Waals surface area contributed by atoms with E-state index in [1.54, 1.807) is 24.3 Å². The lowest BCUT2D eigenvalue weighted by molar-refractivity contribution is 0.0895. The molecule has 0 radical (unpaired) electrons. The normalized spacial score (nSPS) is 11.7. The molecule has 8 heteroatoms. The minimum Gasteiger partial charge on any atom is -0.345 e. The van der Waals surface area contributed by atoms with Gasteiger partial charge in [-0.2, -0.15) is 0 Å². The first-order chi connectivity index (χ1) is 11.8. The molecular weight excluding hydrogens is 374 g/mol. The van der Waals surface area contributed by atoms with Crippen LogP contribution in [0.4, 0.5) is 0 Å². The molecule has 0 aliphatic rings. The number of benzene rings is 1. The van der Waals surface area contributed by atoms with Gasteiger partial charge < -0.3 is 11.1 Å². The summed E-state index contributed by atoms with van der Waals surface area (Å²) in [7, 11) is -3.72. The third-order valence-corrected chi connectivity index (χ3v) is 6.30. The Morgan fingerprint density at radius 2 is 1.73 bits per heavy atom. The van der Waals surface area contributed by atoms with Gasteiger partial charge in [0.25, 0.3) is 15.9 Å². The van der Waals surface area contributed by atoms with Crippen LogP contribution in [0.3, 0.4) is 0 Å². The molecule has 26 heavy (non-hydrogen) atoms. The lowest BCUT2D eigenvalue weighted by atomic mass is 9.92. The summed E-state index contributed by atoms with van der Waals surface area (Å²) in [4.78, 5) is 12.7. The fourth-order valence-corrected chi connectivity index (χ4v) is 3.77. The largest absolute Gasteiger partial charge is 0.345 e. The number of nitrogens with one attached hydrogen (secondary N) is 1. The molecule has 6 nitrogen and oxygen atoms in total. The standard InChI is InChI=1S/C18H25N3O3S.ClH/c1-4-18(5-2,13-19)20-17(22)15-10-11-21(12-15)25(23,24)16-8-6-14(3)7-9-16;/h6-12H,4-5,13,19H2,1-3H3,(H,20,22);1H. The molecule has 1 heterocycles. The summed E-state index contributed by atoms with van der Waals surface area (Å²) in [5.41, 5.74) is 6.59. The number of hydrogen-bond donors (Lipinski definition) is 2. The third kappa shape index (κ3) is 4.47. The number of carbonyl (C=O) groups excluding carboxylic acids is 1. The van der Waals surface area contributed by atoms with Gasteiger partial charge in [-0.3, -0.25) is 4.79 Å². The van der Waals surface area contributed by atoms with Crippen LogP contribution in [0.25, 0.3) is 0 Å². The summed E-state index contributed by atoms with van der Waals surface area (Å²) in [6.45, 7) is 6.14. The summed E-state index contributed by atoms with van der Waals surface area (Å²) in [5, 5.41) is 2.94. The molecule has 0 spiro atoms. The maximum absolute atomic E-state index is 12.6. The molecule has 0 saturated carbocycles. The van der Waals surface area contributed by atoms with Gasteiger partial charge in [-0.05, 0) is 38.0 Å². The molecule has 0 atom stereocenters. The van der Waals surface area contributed by atoms with Crippen LogP contribution in [-0.2, 0) is 10.0 Å². The second-order valence-electron chi connectivity index (χ2n) is 6.19. The molecular formula is C18H26ClN3O3S. The Morgan fingerprint density at radius 3 is 2.23 bits per heavy atom. The number of nitrogens with two attached hydrogens (primary N) is 1. The van der Waals surface area contributed by atoms with Crippen molar-refractivity contribution in [2.75, 3.05) is 6.54 Å². The molecule has 0 fully saturated rings. The van der Waals surface area contributed by atoms with Gasteiger partial charge in [0.2, 0.25) is 0 Å². The molecule has 0 aliphatic carbocycles. The monoisotopic (exact) mass is 399 g/mol. The van der Waals surface area contributed by atoms with Crippen molar-refractivity contribution in [3.63, 3.8) is 0 Å². The first-order valence-corrected chi connectivity index (χ1v) is 9.75. The Bertz CT molecular complexity index is 833. The van der Waals surface area contributed by atoms with Crippen LogP contribution in [0.1, 0.15) is 42.6 Å². The van der Waals surface area contributed by atoms with Gasteiger partial charge in [-0.1, -0.05) is 31.5 Å². The van der Waals surface area contributed by atoms with Crippen LogP contribution in [0.2, 0.25) is 0 Å². The summed E-state index contributed by atoms with van der Waals surface area (Å²) >= 11 is 0. The van der Waals surface area contributed by atoms with Crippen LogP contribution < -0.4 is 11.1 Å². The number of nitrogens with zero attached hydrogens (tertiary/aromatic N) is 1. The Morgan fingerprint density at radius 1 is 1.15 bits per heavy atom. The average molecular weight is 400 g/mol. The number of aromatic nitrogens is 1. The highest BCUT2D eigenvalue weighted by molar-refractivity contribution is 7.90. The van der Waals surface area contributed by atoms with Gasteiger partial charge in [-0.25, -0.2) is 12.4 Å². The van der Waals surface area contributed by atoms with Crippen LogP contribution in [-0.4, -0.2) is 30.4 Å². The van der Waals surface area contributed by atoms with Crippen LogP contribution in [0, 0.1) is 6.92 Å². The molecule has 0 aliphatic heterocycles. The van der Waals surface area contributed by atoms with Crippen molar-refractivity contribution in [3.05, 3.63) is 53.9 Å². The van der Waals surface area contributed by atoms with Gasteiger partial charge in [-0.15, -0.1) is 12.4 Å². The Labute approximate surface area is 161 Å². The quantitative estimate of drug-likeness (QED) is 0.748. The van der Waals surface area contributed by atoms with E-state index in [-0.39, 0.29) is 28.8 Å². The second kappa shape index (κ2) is 8.70. The first-order valence-electron chi connectivity index (χ1n) is 8.31. The van der Waals surface area contributed by atoms with Crippen molar-refractivity contribution >= 4 is 28.3 Å². The number of halogens is 1. The highest BCUT2D eigenvalue weighted by Crippen LogP contribution is 2.18. The zero-order valence-corrected chi connectivity index (χ0v) is 16.9. The van der Waals surface area contributed by atoms with Crippen LogP contribution in [0.5, 0.6) is 0 Å². The predicted molar refractivity (Wildman–Crippen MR) is 105 cm³/mol. The smallest absolute Gasteiger partial charge is 0.267 e. The highest BCUT2D eigenvalue weighted by Gasteiger charge is 2.27. The van der Waals surface area contributed by atoms with Crippen LogP contribution in [0.15, 0.2) is 47.6 Å². The SMILES string of the molecule is CCC(CC)(CN)NC(=O)c1ccn(S(=O)(=O)c2ccc(C)cc2)c1.Cl. The average Bonchev–Trinajstić information content (AvgIpc) is 3.11. The van der Waals surface area contributed by atoms with Crippen molar-refractivity contribution in [1.82, 2.24) is 9.29 Å². The van der Waals surface area contributed by atoms with E-state index in [4.69, 9.17) is 5.73 Å². The Kier molecular flexibility index (Phi) is 7.44. The van der Waals surface area contributed by atoms with E-state index in [0.29, 0.717) is 19.4 Å². The summed E-state index contributed by atoms with van der Waals surface area (Å²) in [6, 6.07) is 8.08. The van der Waals surface area contributed by atoms with Crippen LogP contribution >= 0.6 is 12.4 Å². The van der Waals surface area contributed by atoms with Gasteiger partial charge in [0.05, 0.1) is 16.0 Å². The van der Waals surface area contributed by atoms with E-state index >= 15 is 0 Å². The molecule has 0 bridgehead atoms. The van der Waals surface area contributed by atoms with E-state index in [2.05, 4.69) is 5.32 Å². The summed E-state index contributed by atoms with van der Waals surface area (Å²) in [5.74, 6) is -0.327. The topological polar surface area (TPSA) is 94.2 Å². The van der Waals surface area contributed by atoms with Crippen molar-refractivity contribution < 1.29 is 13.2 Å². The number of carbonyl (C=O) groups is 1. The molecule has 3 N–H and O–H groups in total. The van der Waals surface area contributed by atoms with Crippen molar-refractivity contribution in [3.8, 4) is 0 Å². The number of amides is 1. The molecule has 0 unspecified atom stereocenters. The second-order valence-corrected chi connectivity index (χ2v) is 8.04. The molecule has 2 aromatic rings. The number of aryl methyl sites for hydroxylation is 1. The third-order valence-electron chi connectivity index (χ3n) is 4.65. The van der Waals surface area contributed by atoms with E-state index < -0.39 is 15.6 Å². The fourth-order valence-electron chi connectivity index (χ4n) is 2.57. The zero-order valence-electron chi connectivity index (χ0n) is 15.2. The maximum atomic E-state index is 12.6. The lowest BCUT2D eigenvalue weighted by Crippen LogP contribution is -2.52. The fraction of sp³-hybridized carbons (Fsp3) is 0.389. The van der Waals surface area contributed by atoms with E-state index in [1.807, 2.05) is 20.8 Å². The van der Waals surface area contributed by atoms with Crippen molar-refractivity contribution in [1.29, 1.82) is 0 Å². The molecule has 1 amide bonds. The Balaban J connectivity index is 0.00000338. The van der Waals surface area contributed by atoms with Gasteiger partial charge >= 0.3 is 0 Å². The number of rotatable bonds is 7.